The number of rotatable bonds is 6. The van der Waals surface area contributed by atoms with Crippen LogP contribution in [0.25, 0.3) is 5.69 Å². The first-order valence-electron chi connectivity index (χ1n) is 8.03. The van der Waals surface area contributed by atoms with Crippen molar-refractivity contribution in [3.8, 4) is 23.2 Å². The van der Waals surface area contributed by atoms with Gasteiger partial charge in [-0.1, -0.05) is 42.5 Å². The maximum Gasteiger partial charge on any atom is 0.202 e. The predicted octanol–water partition coefficient (Wildman–Crippen LogP) is 3.32. The molecular weight excluding hydrogens is 318 g/mol. The minimum atomic E-state index is -0.169. The number of nitrogens with zero attached hydrogens (tertiary/aromatic N) is 1. The van der Waals surface area contributed by atoms with Crippen LogP contribution in [0.5, 0.6) is 17.5 Å². The van der Waals surface area contributed by atoms with Gasteiger partial charge in [-0.25, -0.2) is 4.57 Å². The molecule has 0 aliphatic heterocycles. The maximum atomic E-state index is 10.7. The SMILES string of the molecule is O=CCCc1cccc(O)c1-n1c(O)cc(Cc2ccccc2)c1O. The number of aryl methyl sites for hydroxylation is 1. The molecule has 2 aromatic carbocycles. The highest BCUT2D eigenvalue weighted by Gasteiger charge is 2.20. The minimum Gasteiger partial charge on any atom is -0.506 e. The van der Waals surface area contributed by atoms with E-state index in [0.29, 0.717) is 29.7 Å². The Bertz CT molecular complexity index is 884. The normalized spacial score (nSPS) is 10.7. The number of aldehydes is 1. The van der Waals surface area contributed by atoms with Crippen LogP contribution in [-0.2, 0) is 17.6 Å². The Kier molecular flexibility index (Phi) is 4.75. The van der Waals surface area contributed by atoms with Gasteiger partial charge in [0.2, 0.25) is 5.88 Å². The van der Waals surface area contributed by atoms with Gasteiger partial charge in [0.25, 0.3) is 0 Å². The van der Waals surface area contributed by atoms with Gasteiger partial charge in [-0.15, -0.1) is 0 Å². The molecule has 0 atom stereocenters. The molecule has 5 heteroatoms. The van der Waals surface area contributed by atoms with E-state index < -0.39 is 0 Å². The largest absolute Gasteiger partial charge is 0.506 e. The van der Waals surface area contributed by atoms with Crippen LogP contribution in [0, 0.1) is 0 Å². The molecule has 0 unspecified atom stereocenters. The van der Waals surface area contributed by atoms with Crippen molar-refractivity contribution < 1.29 is 20.1 Å². The van der Waals surface area contributed by atoms with Crippen molar-refractivity contribution in [3.63, 3.8) is 0 Å². The van der Waals surface area contributed by atoms with Crippen LogP contribution in [-0.4, -0.2) is 26.2 Å². The van der Waals surface area contributed by atoms with Crippen LogP contribution in [0.1, 0.15) is 23.1 Å². The monoisotopic (exact) mass is 337 g/mol. The number of hydrogen-bond acceptors (Lipinski definition) is 4. The van der Waals surface area contributed by atoms with Crippen molar-refractivity contribution in [2.75, 3.05) is 0 Å². The lowest BCUT2D eigenvalue weighted by atomic mass is 10.1. The van der Waals surface area contributed by atoms with Gasteiger partial charge in [0.05, 0.1) is 5.69 Å². The fourth-order valence-electron chi connectivity index (χ4n) is 2.96. The Balaban J connectivity index is 2.05. The zero-order valence-corrected chi connectivity index (χ0v) is 13.6. The number of phenols is 1. The molecule has 3 rings (SSSR count). The molecule has 25 heavy (non-hydrogen) atoms. The van der Waals surface area contributed by atoms with Gasteiger partial charge >= 0.3 is 0 Å². The fraction of sp³-hybridized carbons (Fsp3) is 0.150. The summed E-state index contributed by atoms with van der Waals surface area (Å²) in [6.07, 6.45) is 1.93. The Morgan fingerprint density at radius 2 is 1.68 bits per heavy atom. The van der Waals surface area contributed by atoms with Gasteiger partial charge in [0, 0.05) is 24.5 Å². The summed E-state index contributed by atoms with van der Waals surface area (Å²) in [4.78, 5) is 10.7. The zero-order valence-electron chi connectivity index (χ0n) is 13.6. The van der Waals surface area contributed by atoms with Gasteiger partial charge in [-0.05, 0) is 23.6 Å². The van der Waals surface area contributed by atoms with E-state index in [4.69, 9.17) is 0 Å². The molecule has 0 aliphatic rings. The van der Waals surface area contributed by atoms with Crippen LogP contribution in [0.15, 0.2) is 54.6 Å². The number of phenolic OH excluding ortho intramolecular Hbond substituents is 1. The standard InChI is InChI=1S/C20H19NO4/c22-11-5-9-15-8-4-10-17(23)19(15)21-18(24)13-16(20(21)25)12-14-6-2-1-3-7-14/h1-4,6-8,10-11,13,23-25H,5,9,12H2. The van der Waals surface area contributed by atoms with Crippen molar-refractivity contribution in [1.82, 2.24) is 4.57 Å². The van der Waals surface area contributed by atoms with Crippen LogP contribution in [0.3, 0.4) is 0 Å². The molecule has 3 N–H and O–H groups in total. The van der Waals surface area contributed by atoms with E-state index in [1.807, 2.05) is 30.3 Å². The Morgan fingerprint density at radius 3 is 2.40 bits per heavy atom. The van der Waals surface area contributed by atoms with Crippen molar-refractivity contribution in [3.05, 3.63) is 71.3 Å². The minimum absolute atomic E-state index is 0.0733. The Hall–Kier alpha value is -3.21. The summed E-state index contributed by atoms with van der Waals surface area (Å²) in [5.41, 5.74) is 2.50. The predicted molar refractivity (Wildman–Crippen MR) is 94.4 cm³/mol. The summed E-state index contributed by atoms with van der Waals surface area (Å²) in [5, 5.41) is 31.2. The van der Waals surface area contributed by atoms with Gasteiger partial charge < -0.3 is 20.1 Å². The number of aromatic hydroxyl groups is 3. The lowest BCUT2D eigenvalue weighted by Gasteiger charge is -2.14. The third-order valence-electron chi connectivity index (χ3n) is 4.12. The molecule has 0 aliphatic carbocycles. The lowest BCUT2D eigenvalue weighted by molar-refractivity contribution is -0.107. The van der Waals surface area contributed by atoms with Crippen molar-refractivity contribution in [2.45, 2.75) is 19.3 Å². The topological polar surface area (TPSA) is 82.7 Å². The quantitative estimate of drug-likeness (QED) is 0.603. The molecule has 0 saturated carbocycles. The Labute approximate surface area is 145 Å². The molecule has 5 nitrogen and oxygen atoms in total. The molecule has 1 aromatic heterocycles. The number of carbonyl (C=O) groups excluding carboxylic acids is 1. The average molecular weight is 337 g/mol. The summed E-state index contributed by atoms with van der Waals surface area (Å²) in [5.74, 6) is -0.372. The molecular formula is C20H19NO4. The highest BCUT2D eigenvalue weighted by atomic mass is 16.3. The first-order chi connectivity index (χ1) is 12.1. The number of carbonyl (C=O) groups is 1. The summed E-state index contributed by atoms with van der Waals surface area (Å²) < 4.78 is 1.22. The summed E-state index contributed by atoms with van der Waals surface area (Å²) >= 11 is 0. The van der Waals surface area contributed by atoms with Crippen LogP contribution < -0.4 is 0 Å². The molecule has 1 heterocycles. The molecule has 0 bridgehead atoms. The van der Waals surface area contributed by atoms with Crippen LogP contribution in [0.4, 0.5) is 0 Å². The molecule has 0 amide bonds. The molecule has 0 fully saturated rings. The zero-order chi connectivity index (χ0) is 17.8. The first kappa shape index (κ1) is 16.6. The highest BCUT2D eigenvalue weighted by Crippen LogP contribution is 2.38. The van der Waals surface area contributed by atoms with E-state index >= 15 is 0 Å². The molecule has 0 saturated heterocycles. The number of benzene rings is 2. The van der Waals surface area contributed by atoms with Gasteiger partial charge in [0.15, 0.2) is 5.88 Å². The highest BCUT2D eigenvalue weighted by molar-refractivity contribution is 5.60. The van der Waals surface area contributed by atoms with E-state index in [1.54, 1.807) is 12.1 Å². The van der Waals surface area contributed by atoms with Gasteiger partial charge in [-0.2, -0.15) is 0 Å². The van der Waals surface area contributed by atoms with Gasteiger partial charge in [0.1, 0.15) is 12.0 Å². The second kappa shape index (κ2) is 7.13. The number of hydrogen-bond donors (Lipinski definition) is 3. The third kappa shape index (κ3) is 3.35. The smallest absolute Gasteiger partial charge is 0.202 e. The van der Waals surface area contributed by atoms with E-state index in [1.165, 1.54) is 16.7 Å². The second-order valence-electron chi connectivity index (χ2n) is 5.84. The first-order valence-corrected chi connectivity index (χ1v) is 8.03. The van der Waals surface area contributed by atoms with E-state index in [0.717, 1.165) is 11.8 Å². The maximum absolute atomic E-state index is 10.7. The van der Waals surface area contributed by atoms with E-state index in [9.17, 15) is 20.1 Å². The van der Waals surface area contributed by atoms with E-state index in [-0.39, 0.29) is 23.9 Å². The molecule has 128 valence electrons. The lowest BCUT2D eigenvalue weighted by Crippen LogP contribution is -2.00. The Morgan fingerprint density at radius 1 is 0.920 bits per heavy atom. The number of para-hydroxylation sites is 1. The summed E-state index contributed by atoms with van der Waals surface area (Å²) in [6.45, 7) is 0. The van der Waals surface area contributed by atoms with Crippen molar-refractivity contribution in [2.24, 2.45) is 0 Å². The van der Waals surface area contributed by atoms with Crippen LogP contribution in [0.2, 0.25) is 0 Å². The van der Waals surface area contributed by atoms with Crippen LogP contribution >= 0.6 is 0 Å². The van der Waals surface area contributed by atoms with Gasteiger partial charge in [-0.3, -0.25) is 0 Å². The van der Waals surface area contributed by atoms with Crippen molar-refractivity contribution >= 4 is 6.29 Å². The van der Waals surface area contributed by atoms with Crippen molar-refractivity contribution in [1.29, 1.82) is 0 Å². The third-order valence-corrected chi connectivity index (χ3v) is 4.12. The molecule has 0 radical (unpaired) electrons. The number of aromatic nitrogens is 1. The molecule has 3 aromatic rings. The second-order valence-corrected chi connectivity index (χ2v) is 5.84. The van der Waals surface area contributed by atoms with E-state index in [2.05, 4.69) is 0 Å². The molecule has 0 spiro atoms. The summed E-state index contributed by atoms with van der Waals surface area (Å²) in [7, 11) is 0. The fourth-order valence-corrected chi connectivity index (χ4v) is 2.96. The average Bonchev–Trinajstić information content (AvgIpc) is 2.88. The summed E-state index contributed by atoms with van der Waals surface area (Å²) in [6, 6.07) is 16.0.